The van der Waals surface area contributed by atoms with Crippen molar-refractivity contribution in [3.05, 3.63) is 58.7 Å². The Hall–Kier alpha value is -3.15. The second-order valence-electron chi connectivity index (χ2n) is 6.83. The highest BCUT2D eigenvalue weighted by Gasteiger charge is 2.44. The Bertz CT molecular complexity index is 998. The first kappa shape index (κ1) is 18.2. The molecule has 1 aromatic heterocycles. The van der Waals surface area contributed by atoms with Gasteiger partial charge in [0.05, 0.1) is 23.2 Å². The monoisotopic (exact) mass is 390 g/mol. The van der Waals surface area contributed by atoms with Crippen LogP contribution in [0.4, 0.5) is 28.0 Å². The zero-order valence-electron chi connectivity index (χ0n) is 14.4. The molecule has 3 heterocycles. The number of carbonyl (C=O) groups is 1. The second-order valence-corrected chi connectivity index (χ2v) is 6.83. The predicted octanol–water partition coefficient (Wildman–Crippen LogP) is 4.40. The van der Waals surface area contributed by atoms with E-state index in [1.165, 1.54) is 18.3 Å². The van der Waals surface area contributed by atoms with Gasteiger partial charge in [0, 0.05) is 23.5 Å². The summed E-state index contributed by atoms with van der Waals surface area (Å²) in [5.74, 6) is -0.545. The molecule has 2 atom stereocenters. The van der Waals surface area contributed by atoms with Gasteiger partial charge in [-0.3, -0.25) is 0 Å². The van der Waals surface area contributed by atoms with Gasteiger partial charge in [0.2, 0.25) is 5.95 Å². The fourth-order valence-electron chi connectivity index (χ4n) is 4.07. The van der Waals surface area contributed by atoms with E-state index in [1.807, 2.05) is 0 Å². The van der Waals surface area contributed by atoms with Crippen LogP contribution in [0.3, 0.4) is 0 Å². The van der Waals surface area contributed by atoms with Gasteiger partial charge in [-0.25, -0.2) is 9.78 Å². The minimum absolute atomic E-state index is 0.0533. The lowest BCUT2D eigenvalue weighted by Gasteiger charge is -2.36. The van der Waals surface area contributed by atoms with Crippen LogP contribution in [0.2, 0.25) is 0 Å². The quantitative estimate of drug-likeness (QED) is 0.580. The van der Waals surface area contributed by atoms with Crippen LogP contribution in [0.1, 0.15) is 41.1 Å². The van der Waals surface area contributed by atoms with Crippen molar-refractivity contribution in [1.29, 1.82) is 5.26 Å². The average molecular weight is 390 g/mol. The van der Waals surface area contributed by atoms with Gasteiger partial charge in [-0.2, -0.15) is 22.8 Å². The van der Waals surface area contributed by atoms with E-state index < -0.39 is 29.3 Å². The first-order valence-corrected chi connectivity index (χ1v) is 8.63. The van der Waals surface area contributed by atoms with Gasteiger partial charge in [0.15, 0.2) is 0 Å². The fraction of sp³-hybridized carbons (Fsp3) is 0.316. The highest BCUT2D eigenvalue weighted by Crippen LogP contribution is 2.44. The number of nitrogens with zero attached hydrogens (tertiary/aromatic N) is 3. The van der Waals surface area contributed by atoms with E-state index in [4.69, 9.17) is 5.26 Å². The van der Waals surface area contributed by atoms with E-state index >= 15 is 0 Å². The van der Waals surface area contributed by atoms with Crippen LogP contribution in [0, 0.1) is 17.3 Å². The summed E-state index contributed by atoms with van der Waals surface area (Å²) in [6, 6.07) is 5.08. The standard InChI is InChI=1S/C19H14F4N4O/c20-17-14-8-12-3-4-16(13(14)5-6-25-17)27(12)18(28)26-11-2-1-10(9-24)15(7-11)19(21,22)23/h1-2,5-7,12,16H,3-4,8H2,(H,26,28)/t12-,16+/m1/s1. The predicted molar refractivity (Wildman–Crippen MR) is 90.7 cm³/mol. The van der Waals surface area contributed by atoms with Crippen LogP contribution in [0.15, 0.2) is 30.5 Å². The molecule has 144 valence electrons. The summed E-state index contributed by atoms with van der Waals surface area (Å²) in [7, 11) is 0. The molecule has 2 aliphatic rings. The molecule has 28 heavy (non-hydrogen) atoms. The van der Waals surface area contributed by atoms with Crippen molar-refractivity contribution in [2.75, 3.05) is 5.32 Å². The Morgan fingerprint density at radius 2 is 2.07 bits per heavy atom. The zero-order valence-corrected chi connectivity index (χ0v) is 14.4. The normalized spacial score (nSPS) is 20.5. The summed E-state index contributed by atoms with van der Waals surface area (Å²) in [6.45, 7) is 0. The van der Waals surface area contributed by atoms with E-state index in [9.17, 15) is 22.4 Å². The SMILES string of the molecule is N#Cc1ccc(NC(=O)N2[C@@H]3CC[C@H]2c2ccnc(F)c2C3)cc1C(F)(F)F. The van der Waals surface area contributed by atoms with Crippen LogP contribution < -0.4 is 5.32 Å². The largest absolute Gasteiger partial charge is 0.417 e. The van der Waals surface area contributed by atoms with Crippen molar-refractivity contribution in [3.63, 3.8) is 0 Å². The number of nitriles is 1. The van der Waals surface area contributed by atoms with Crippen LogP contribution in [0.5, 0.6) is 0 Å². The van der Waals surface area contributed by atoms with Crippen LogP contribution in [-0.2, 0) is 12.6 Å². The van der Waals surface area contributed by atoms with E-state index in [1.54, 1.807) is 11.0 Å². The molecule has 2 amide bonds. The summed E-state index contributed by atoms with van der Waals surface area (Å²) < 4.78 is 53.4. The molecule has 1 saturated heterocycles. The number of anilines is 1. The van der Waals surface area contributed by atoms with Gasteiger partial charge in [0.25, 0.3) is 0 Å². The van der Waals surface area contributed by atoms with Gasteiger partial charge in [0.1, 0.15) is 0 Å². The van der Waals surface area contributed by atoms with E-state index in [0.717, 1.165) is 12.1 Å². The number of alkyl halides is 3. The summed E-state index contributed by atoms with van der Waals surface area (Å²) >= 11 is 0. The summed E-state index contributed by atoms with van der Waals surface area (Å²) in [5.41, 5.74) is -0.486. The maximum absolute atomic E-state index is 14.0. The third-order valence-electron chi connectivity index (χ3n) is 5.27. The van der Waals surface area contributed by atoms with Gasteiger partial charge in [-0.05, 0) is 49.1 Å². The molecule has 1 fully saturated rings. The maximum atomic E-state index is 14.0. The van der Waals surface area contributed by atoms with Gasteiger partial charge < -0.3 is 10.2 Å². The van der Waals surface area contributed by atoms with Gasteiger partial charge >= 0.3 is 12.2 Å². The number of halogens is 4. The molecule has 0 aliphatic carbocycles. The van der Waals surface area contributed by atoms with Crippen molar-refractivity contribution < 1.29 is 22.4 Å². The van der Waals surface area contributed by atoms with Crippen molar-refractivity contribution in [2.45, 2.75) is 37.5 Å². The molecular formula is C19H14F4N4O. The first-order valence-electron chi connectivity index (χ1n) is 8.63. The Morgan fingerprint density at radius 1 is 1.29 bits per heavy atom. The topological polar surface area (TPSA) is 69.0 Å². The number of urea groups is 1. The van der Waals surface area contributed by atoms with Crippen molar-refractivity contribution in [2.24, 2.45) is 0 Å². The Labute approximate surface area is 157 Å². The zero-order chi connectivity index (χ0) is 20.1. The average Bonchev–Trinajstić information content (AvgIpc) is 2.97. The minimum Gasteiger partial charge on any atom is -0.314 e. The molecule has 0 unspecified atom stereocenters. The number of aromatic nitrogens is 1. The summed E-state index contributed by atoms with van der Waals surface area (Å²) in [5, 5.41) is 11.4. The number of fused-ring (bicyclic) bond motifs is 4. The smallest absolute Gasteiger partial charge is 0.314 e. The highest BCUT2D eigenvalue weighted by atomic mass is 19.4. The number of benzene rings is 1. The molecule has 0 radical (unpaired) electrons. The molecule has 2 bridgehead atoms. The van der Waals surface area contributed by atoms with E-state index in [-0.39, 0.29) is 17.8 Å². The summed E-state index contributed by atoms with van der Waals surface area (Å²) in [6.07, 6.45) is -1.72. The molecule has 4 rings (SSSR count). The fourth-order valence-corrected chi connectivity index (χ4v) is 4.07. The molecule has 5 nitrogen and oxygen atoms in total. The van der Waals surface area contributed by atoms with E-state index in [2.05, 4.69) is 10.3 Å². The Kier molecular flexibility index (Phi) is 4.22. The van der Waals surface area contributed by atoms with Crippen LogP contribution in [-0.4, -0.2) is 22.0 Å². The van der Waals surface area contributed by atoms with Gasteiger partial charge in [-0.1, -0.05) is 0 Å². The Morgan fingerprint density at radius 3 is 2.79 bits per heavy atom. The molecule has 0 saturated carbocycles. The number of hydrogen-bond acceptors (Lipinski definition) is 3. The van der Waals surface area contributed by atoms with Crippen molar-refractivity contribution >= 4 is 11.7 Å². The van der Waals surface area contributed by atoms with Crippen molar-refractivity contribution in [1.82, 2.24) is 9.88 Å². The second kappa shape index (κ2) is 6.48. The third kappa shape index (κ3) is 2.95. The molecule has 9 heteroatoms. The van der Waals surface area contributed by atoms with Gasteiger partial charge in [-0.15, -0.1) is 0 Å². The van der Waals surface area contributed by atoms with Crippen molar-refractivity contribution in [3.8, 4) is 6.07 Å². The Balaban J connectivity index is 1.61. The lowest BCUT2D eigenvalue weighted by Crippen LogP contribution is -2.44. The third-order valence-corrected chi connectivity index (χ3v) is 5.27. The number of nitrogens with one attached hydrogen (secondary N) is 1. The molecule has 1 N–H and O–H groups in total. The van der Waals surface area contributed by atoms with Crippen LogP contribution in [0.25, 0.3) is 0 Å². The number of hydrogen-bond donors (Lipinski definition) is 1. The summed E-state index contributed by atoms with van der Waals surface area (Å²) in [4.78, 5) is 18.0. The number of pyridine rings is 1. The maximum Gasteiger partial charge on any atom is 0.417 e. The molecule has 1 aromatic carbocycles. The number of rotatable bonds is 1. The minimum atomic E-state index is -4.71. The lowest BCUT2D eigenvalue weighted by molar-refractivity contribution is -0.137. The first-order chi connectivity index (χ1) is 13.3. The van der Waals surface area contributed by atoms with Crippen LogP contribution >= 0.6 is 0 Å². The number of carbonyl (C=O) groups excluding carboxylic acids is 1. The molecule has 0 spiro atoms. The highest BCUT2D eigenvalue weighted by molar-refractivity contribution is 5.90. The lowest BCUT2D eigenvalue weighted by atomic mass is 9.95. The van der Waals surface area contributed by atoms with E-state index in [0.29, 0.717) is 30.4 Å². The number of amides is 2. The molecular weight excluding hydrogens is 376 g/mol. The molecule has 2 aliphatic heterocycles. The molecule has 2 aromatic rings.